The SMILES string of the molecule is COc1ccc(C)cc1[C@H](C)NC(=O)C(=O)Nc1ccc2nc(N(C)C)oc2c1. The molecule has 29 heavy (non-hydrogen) atoms. The van der Waals surface area contributed by atoms with Gasteiger partial charge < -0.3 is 24.7 Å². The van der Waals surface area contributed by atoms with Gasteiger partial charge in [0.2, 0.25) is 0 Å². The summed E-state index contributed by atoms with van der Waals surface area (Å²) in [6.07, 6.45) is 0. The van der Waals surface area contributed by atoms with Gasteiger partial charge in [0.25, 0.3) is 6.01 Å². The van der Waals surface area contributed by atoms with E-state index in [1.165, 1.54) is 0 Å². The second-order valence-electron chi connectivity index (χ2n) is 6.97. The number of ether oxygens (including phenoxy) is 1. The molecule has 8 heteroatoms. The van der Waals surface area contributed by atoms with Crippen molar-refractivity contribution in [2.45, 2.75) is 19.9 Å². The van der Waals surface area contributed by atoms with Crippen LogP contribution in [0.4, 0.5) is 11.7 Å². The molecule has 0 unspecified atom stereocenters. The van der Waals surface area contributed by atoms with Gasteiger partial charge in [0.1, 0.15) is 11.3 Å². The number of hydrogen-bond acceptors (Lipinski definition) is 6. The monoisotopic (exact) mass is 396 g/mol. The minimum atomic E-state index is -0.768. The number of hydrogen-bond donors (Lipinski definition) is 2. The number of nitrogens with zero attached hydrogens (tertiary/aromatic N) is 2. The number of amides is 2. The number of fused-ring (bicyclic) bond motifs is 1. The van der Waals surface area contributed by atoms with Crippen LogP contribution in [0, 0.1) is 6.92 Å². The van der Waals surface area contributed by atoms with Crippen LogP contribution in [0.1, 0.15) is 24.1 Å². The van der Waals surface area contributed by atoms with E-state index in [2.05, 4.69) is 15.6 Å². The van der Waals surface area contributed by atoms with E-state index in [9.17, 15) is 9.59 Å². The highest BCUT2D eigenvalue weighted by molar-refractivity contribution is 6.39. The van der Waals surface area contributed by atoms with Gasteiger partial charge in [-0.05, 0) is 32.0 Å². The fourth-order valence-corrected chi connectivity index (χ4v) is 2.90. The van der Waals surface area contributed by atoms with Crippen LogP contribution in [0.3, 0.4) is 0 Å². The van der Waals surface area contributed by atoms with E-state index in [0.29, 0.717) is 28.6 Å². The Labute approximate surface area is 168 Å². The molecule has 0 aliphatic heterocycles. The number of carbonyl (C=O) groups is 2. The maximum atomic E-state index is 12.4. The molecule has 1 atom stereocenters. The predicted molar refractivity (Wildman–Crippen MR) is 111 cm³/mol. The van der Waals surface area contributed by atoms with E-state index < -0.39 is 17.9 Å². The smallest absolute Gasteiger partial charge is 0.313 e. The molecule has 0 aliphatic carbocycles. The molecule has 3 aromatic rings. The average Bonchev–Trinajstić information content (AvgIpc) is 3.11. The number of nitrogens with one attached hydrogen (secondary N) is 2. The van der Waals surface area contributed by atoms with Crippen molar-refractivity contribution in [1.29, 1.82) is 0 Å². The molecule has 0 radical (unpaired) electrons. The molecule has 2 N–H and O–H groups in total. The quantitative estimate of drug-likeness (QED) is 0.644. The van der Waals surface area contributed by atoms with Gasteiger partial charge in [0.15, 0.2) is 5.58 Å². The normalized spacial score (nSPS) is 11.8. The summed E-state index contributed by atoms with van der Waals surface area (Å²) in [5, 5.41) is 5.29. The Balaban J connectivity index is 1.70. The van der Waals surface area contributed by atoms with Crippen LogP contribution in [-0.2, 0) is 9.59 Å². The molecule has 0 saturated carbocycles. The van der Waals surface area contributed by atoms with Gasteiger partial charge in [-0.2, -0.15) is 4.98 Å². The first-order valence-electron chi connectivity index (χ1n) is 9.12. The van der Waals surface area contributed by atoms with Gasteiger partial charge in [-0.25, -0.2) is 0 Å². The molecular formula is C21H24N4O4. The van der Waals surface area contributed by atoms with Crippen molar-refractivity contribution in [2.75, 3.05) is 31.4 Å². The predicted octanol–water partition coefficient (Wildman–Crippen LogP) is 3.03. The zero-order chi connectivity index (χ0) is 21.1. The molecule has 0 spiro atoms. The number of anilines is 2. The number of carbonyl (C=O) groups excluding carboxylic acids is 2. The fourth-order valence-electron chi connectivity index (χ4n) is 2.90. The molecule has 2 amide bonds. The molecule has 0 bridgehead atoms. The van der Waals surface area contributed by atoms with Crippen molar-refractivity contribution in [2.24, 2.45) is 0 Å². The molecule has 1 heterocycles. The summed E-state index contributed by atoms with van der Waals surface area (Å²) in [7, 11) is 5.21. The summed E-state index contributed by atoms with van der Waals surface area (Å²) in [5.41, 5.74) is 3.46. The lowest BCUT2D eigenvalue weighted by Crippen LogP contribution is -2.37. The first-order chi connectivity index (χ1) is 13.8. The lowest BCUT2D eigenvalue weighted by atomic mass is 10.0. The third-order valence-electron chi connectivity index (χ3n) is 4.42. The number of aromatic nitrogens is 1. The molecule has 3 rings (SSSR count). The third-order valence-corrected chi connectivity index (χ3v) is 4.42. The Morgan fingerprint density at radius 1 is 1.14 bits per heavy atom. The second-order valence-corrected chi connectivity index (χ2v) is 6.97. The number of rotatable bonds is 5. The van der Waals surface area contributed by atoms with E-state index in [-0.39, 0.29) is 0 Å². The number of methoxy groups -OCH3 is 1. The Morgan fingerprint density at radius 3 is 2.59 bits per heavy atom. The Bertz CT molecular complexity index is 1060. The molecule has 0 aliphatic rings. The summed E-state index contributed by atoms with van der Waals surface area (Å²) in [4.78, 5) is 30.8. The van der Waals surface area contributed by atoms with Crippen LogP contribution in [-0.4, -0.2) is 38.0 Å². The Morgan fingerprint density at radius 2 is 1.90 bits per heavy atom. The lowest BCUT2D eigenvalue weighted by Gasteiger charge is -2.17. The fraction of sp³-hybridized carbons (Fsp3) is 0.286. The van der Waals surface area contributed by atoms with Crippen LogP contribution in [0.15, 0.2) is 40.8 Å². The molecule has 8 nitrogen and oxygen atoms in total. The van der Waals surface area contributed by atoms with Crippen molar-refractivity contribution >= 4 is 34.6 Å². The van der Waals surface area contributed by atoms with Crippen LogP contribution < -0.4 is 20.3 Å². The van der Waals surface area contributed by atoms with Gasteiger partial charge in [0, 0.05) is 31.4 Å². The van der Waals surface area contributed by atoms with E-state index >= 15 is 0 Å². The van der Waals surface area contributed by atoms with Crippen molar-refractivity contribution in [1.82, 2.24) is 10.3 Å². The standard InChI is InChI=1S/C21H24N4O4/c1-12-6-9-17(28-5)15(10-12)13(2)22-19(26)20(27)23-14-7-8-16-18(11-14)29-21(24-16)25(3)4/h6-11,13H,1-5H3,(H,22,26)(H,23,27)/t13-/m0/s1. The number of aryl methyl sites for hydroxylation is 1. The van der Waals surface area contributed by atoms with E-state index in [0.717, 1.165) is 11.1 Å². The Hall–Kier alpha value is -3.55. The van der Waals surface area contributed by atoms with Crippen LogP contribution in [0.25, 0.3) is 11.1 Å². The van der Waals surface area contributed by atoms with Gasteiger partial charge in [-0.3, -0.25) is 9.59 Å². The maximum Gasteiger partial charge on any atom is 0.313 e. The molecule has 0 fully saturated rings. The van der Waals surface area contributed by atoms with Crippen LogP contribution >= 0.6 is 0 Å². The zero-order valence-electron chi connectivity index (χ0n) is 17.1. The minimum Gasteiger partial charge on any atom is -0.496 e. The van der Waals surface area contributed by atoms with E-state index in [1.807, 2.05) is 39.2 Å². The highest BCUT2D eigenvalue weighted by atomic mass is 16.5. The minimum absolute atomic E-state index is 0.400. The second kappa shape index (κ2) is 8.22. The van der Waals surface area contributed by atoms with Crippen molar-refractivity contribution < 1.29 is 18.7 Å². The van der Waals surface area contributed by atoms with E-state index in [4.69, 9.17) is 9.15 Å². The summed E-state index contributed by atoms with van der Waals surface area (Å²) in [5.74, 6) is -0.862. The van der Waals surface area contributed by atoms with Crippen LogP contribution in [0.5, 0.6) is 5.75 Å². The summed E-state index contributed by atoms with van der Waals surface area (Å²) >= 11 is 0. The van der Waals surface area contributed by atoms with Crippen molar-refractivity contribution in [3.63, 3.8) is 0 Å². The van der Waals surface area contributed by atoms with Gasteiger partial charge in [0.05, 0.1) is 13.2 Å². The van der Waals surface area contributed by atoms with Gasteiger partial charge in [-0.1, -0.05) is 17.7 Å². The maximum absolute atomic E-state index is 12.4. The summed E-state index contributed by atoms with van der Waals surface area (Å²) in [6.45, 7) is 3.75. The average molecular weight is 396 g/mol. The first-order valence-corrected chi connectivity index (χ1v) is 9.12. The molecule has 0 saturated heterocycles. The summed E-state index contributed by atoms with van der Waals surface area (Å²) in [6, 6.07) is 10.8. The number of benzene rings is 2. The third kappa shape index (κ3) is 4.48. The molecule has 152 valence electrons. The topological polar surface area (TPSA) is 96.7 Å². The highest BCUT2D eigenvalue weighted by Gasteiger charge is 2.20. The first kappa shape index (κ1) is 20.2. The molecule has 1 aromatic heterocycles. The van der Waals surface area contributed by atoms with Gasteiger partial charge >= 0.3 is 11.8 Å². The number of oxazole rings is 1. The summed E-state index contributed by atoms with van der Waals surface area (Å²) < 4.78 is 11.0. The largest absolute Gasteiger partial charge is 0.496 e. The van der Waals surface area contributed by atoms with Crippen LogP contribution in [0.2, 0.25) is 0 Å². The zero-order valence-corrected chi connectivity index (χ0v) is 17.1. The van der Waals surface area contributed by atoms with Gasteiger partial charge in [-0.15, -0.1) is 0 Å². The van der Waals surface area contributed by atoms with Crippen molar-refractivity contribution in [3.8, 4) is 5.75 Å². The van der Waals surface area contributed by atoms with E-state index in [1.54, 1.807) is 37.1 Å². The van der Waals surface area contributed by atoms with Crippen molar-refractivity contribution in [3.05, 3.63) is 47.5 Å². The Kier molecular flexibility index (Phi) is 5.72. The molecular weight excluding hydrogens is 372 g/mol. The lowest BCUT2D eigenvalue weighted by molar-refractivity contribution is -0.136. The molecule has 2 aromatic carbocycles. The highest BCUT2D eigenvalue weighted by Crippen LogP contribution is 2.26.